The van der Waals surface area contributed by atoms with Gasteiger partial charge in [0.25, 0.3) is 0 Å². The quantitative estimate of drug-likeness (QED) is 0.252. The number of aromatic nitrogens is 7. The molecular formula is C32H43N9O2. The van der Waals surface area contributed by atoms with Gasteiger partial charge in [-0.25, -0.2) is 4.68 Å². The van der Waals surface area contributed by atoms with Gasteiger partial charge >= 0.3 is 0 Å². The standard InChI is InChI=1S/C32H43N9O2/c1-22(2)43-13-12-38-8-10-39(11-9-38)27-17-26(19-33-20-27)29-21-40(37-35-29)30-15-25(18-34-24(30)4)16-31(42)28-14-23(3)41(36-28)32(5,6)7/h14-15,17-22H,8-13,16H2,1-7H3. The number of pyridine rings is 2. The predicted octanol–water partition coefficient (Wildman–Crippen LogP) is 4.27. The second-order valence-electron chi connectivity index (χ2n) is 12.5. The third-order valence-electron chi connectivity index (χ3n) is 7.65. The van der Waals surface area contributed by atoms with E-state index in [0.717, 1.165) is 78.9 Å². The van der Waals surface area contributed by atoms with Crippen LogP contribution in [0.25, 0.3) is 16.9 Å². The second kappa shape index (κ2) is 12.7. The molecule has 228 valence electrons. The van der Waals surface area contributed by atoms with Crippen molar-refractivity contribution in [2.75, 3.05) is 44.2 Å². The number of Topliss-reactive ketones (excluding diaryl/α,β-unsaturated/α-hetero) is 1. The second-order valence-corrected chi connectivity index (χ2v) is 12.5. The van der Waals surface area contributed by atoms with E-state index in [0.29, 0.717) is 5.69 Å². The molecule has 5 rings (SSSR count). The van der Waals surface area contributed by atoms with Crippen LogP contribution in [0.15, 0.2) is 43.0 Å². The molecule has 11 heteroatoms. The van der Waals surface area contributed by atoms with Crippen molar-refractivity contribution in [1.29, 1.82) is 0 Å². The maximum Gasteiger partial charge on any atom is 0.187 e. The number of hydrogen-bond donors (Lipinski definition) is 0. The Balaban J connectivity index is 1.27. The average Bonchev–Trinajstić information content (AvgIpc) is 3.62. The summed E-state index contributed by atoms with van der Waals surface area (Å²) in [5.74, 6) is -0.0467. The molecule has 0 aromatic carbocycles. The van der Waals surface area contributed by atoms with Gasteiger partial charge < -0.3 is 9.64 Å². The van der Waals surface area contributed by atoms with E-state index in [1.165, 1.54) is 0 Å². The summed E-state index contributed by atoms with van der Waals surface area (Å²) in [5.41, 5.74) is 6.30. The minimum atomic E-state index is -0.196. The molecule has 0 saturated carbocycles. The molecular weight excluding hydrogens is 542 g/mol. The zero-order valence-electron chi connectivity index (χ0n) is 26.4. The Morgan fingerprint density at radius 1 is 1.02 bits per heavy atom. The van der Waals surface area contributed by atoms with E-state index in [9.17, 15) is 4.79 Å². The monoisotopic (exact) mass is 585 g/mol. The van der Waals surface area contributed by atoms with Crippen molar-refractivity contribution in [2.24, 2.45) is 0 Å². The van der Waals surface area contributed by atoms with E-state index in [-0.39, 0.29) is 23.8 Å². The van der Waals surface area contributed by atoms with Gasteiger partial charge in [-0.3, -0.25) is 24.3 Å². The summed E-state index contributed by atoms with van der Waals surface area (Å²) < 4.78 is 9.33. The van der Waals surface area contributed by atoms with Crippen molar-refractivity contribution in [3.05, 3.63) is 65.6 Å². The van der Waals surface area contributed by atoms with Crippen molar-refractivity contribution in [1.82, 2.24) is 39.6 Å². The van der Waals surface area contributed by atoms with Gasteiger partial charge in [0.1, 0.15) is 11.4 Å². The lowest BCUT2D eigenvalue weighted by Gasteiger charge is -2.36. The number of hydrogen-bond acceptors (Lipinski definition) is 9. The Bertz CT molecular complexity index is 1560. The summed E-state index contributed by atoms with van der Waals surface area (Å²) in [6.07, 6.45) is 7.82. The molecule has 11 nitrogen and oxygen atoms in total. The molecule has 1 saturated heterocycles. The third-order valence-corrected chi connectivity index (χ3v) is 7.65. The third kappa shape index (κ3) is 7.34. The molecule has 0 aliphatic carbocycles. The minimum Gasteiger partial charge on any atom is -0.377 e. The summed E-state index contributed by atoms with van der Waals surface area (Å²) in [6, 6.07) is 5.93. The van der Waals surface area contributed by atoms with Gasteiger partial charge in [-0.05, 0) is 72.2 Å². The summed E-state index contributed by atoms with van der Waals surface area (Å²) in [6.45, 7) is 19.8. The maximum absolute atomic E-state index is 13.1. The lowest BCUT2D eigenvalue weighted by Crippen LogP contribution is -2.47. The number of ketones is 1. The van der Waals surface area contributed by atoms with Gasteiger partial charge in [-0.1, -0.05) is 5.21 Å². The first-order valence-corrected chi connectivity index (χ1v) is 15.0. The van der Waals surface area contributed by atoms with Gasteiger partial charge in [0, 0.05) is 62.8 Å². The number of nitrogens with zero attached hydrogens (tertiary/aromatic N) is 9. The zero-order chi connectivity index (χ0) is 30.7. The lowest BCUT2D eigenvalue weighted by atomic mass is 10.1. The molecule has 1 fully saturated rings. The van der Waals surface area contributed by atoms with Gasteiger partial charge in [0.05, 0.1) is 47.7 Å². The molecule has 0 atom stereocenters. The van der Waals surface area contributed by atoms with Gasteiger partial charge in [0.2, 0.25) is 0 Å². The molecule has 1 aliphatic heterocycles. The molecule has 4 aromatic rings. The number of piperazine rings is 1. The van der Waals surface area contributed by atoms with Crippen molar-refractivity contribution in [3.8, 4) is 16.9 Å². The number of aryl methyl sites for hydroxylation is 2. The summed E-state index contributed by atoms with van der Waals surface area (Å²) in [7, 11) is 0. The first-order chi connectivity index (χ1) is 20.5. The smallest absolute Gasteiger partial charge is 0.187 e. The number of carbonyl (C=O) groups excluding carboxylic acids is 1. The molecule has 0 amide bonds. The van der Waals surface area contributed by atoms with E-state index in [4.69, 9.17) is 4.74 Å². The van der Waals surface area contributed by atoms with Crippen LogP contribution in [-0.2, 0) is 16.7 Å². The fourth-order valence-electron chi connectivity index (χ4n) is 5.36. The largest absolute Gasteiger partial charge is 0.377 e. The molecule has 0 N–H and O–H groups in total. The Labute approximate surface area is 253 Å². The number of ether oxygens (including phenoxy) is 1. The van der Waals surface area contributed by atoms with Crippen molar-refractivity contribution < 1.29 is 9.53 Å². The minimum absolute atomic E-state index is 0.0467. The maximum atomic E-state index is 13.1. The van der Waals surface area contributed by atoms with Crippen molar-refractivity contribution in [3.63, 3.8) is 0 Å². The van der Waals surface area contributed by atoms with Crippen LogP contribution in [0.4, 0.5) is 5.69 Å². The first kappa shape index (κ1) is 30.5. The van der Waals surface area contributed by atoms with E-state index in [1.54, 1.807) is 10.9 Å². The first-order valence-electron chi connectivity index (χ1n) is 15.0. The average molecular weight is 586 g/mol. The van der Waals surface area contributed by atoms with E-state index in [2.05, 4.69) is 75.9 Å². The lowest BCUT2D eigenvalue weighted by molar-refractivity contribution is 0.0579. The van der Waals surface area contributed by atoms with Crippen LogP contribution in [0.3, 0.4) is 0 Å². The zero-order valence-corrected chi connectivity index (χ0v) is 26.4. The van der Waals surface area contributed by atoms with Crippen molar-refractivity contribution >= 4 is 11.5 Å². The molecule has 0 spiro atoms. The summed E-state index contributed by atoms with van der Waals surface area (Å²) in [5, 5.41) is 13.4. The molecule has 0 radical (unpaired) electrons. The Morgan fingerprint density at radius 2 is 1.79 bits per heavy atom. The topological polar surface area (TPSA) is 107 Å². The van der Waals surface area contributed by atoms with Crippen LogP contribution in [0.5, 0.6) is 0 Å². The van der Waals surface area contributed by atoms with Gasteiger partial charge in [0.15, 0.2) is 5.78 Å². The molecule has 5 heterocycles. The number of rotatable bonds is 10. The Kier molecular flexibility index (Phi) is 9.03. The Morgan fingerprint density at radius 3 is 2.49 bits per heavy atom. The SMILES string of the molecule is Cc1ncc(CC(=O)c2cc(C)n(C(C)(C)C)n2)cc1-n1cc(-c2cncc(N3CCN(CCOC(C)C)CC3)c2)nn1. The molecule has 1 aliphatic rings. The number of anilines is 1. The summed E-state index contributed by atoms with van der Waals surface area (Å²) >= 11 is 0. The van der Waals surface area contributed by atoms with Crippen molar-refractivity contribution in [2.45, 2.75) is 66.5 Å². The van der Waals surface area contributed by atoms with Crippen LogP contribution in [0.1, 0.15) is 62.1 Å². The van der Waals surface area contributed by atoms with E-state index in [1.807, 2.05) is 49.3 Å². The fraction of sp³-hybridized carbons (Fsp3) is 0.500. The van der Waals surface area contributed by atoms with Crippen LogP contribution in [-0.4, -0.2) is 90.9 Å². The highest BCUT2D eigenvalue weighted by molar-refractivity contribution is 5.95. The molecule has 0 unspecified atom stereocenters. The molecule has 43 heavy (non-hydrogen) atoms. The van der Waals surface area contributed by atoms with Crippen LogP contribution < -0.4 is 4.90 Å². The fourth-order valence-corrected chi connectivity index (χ4v) is 5.36. The highest BCUT2D eigenvalue weighted by Crippen LogP contribution is 2.25. The number of carbonyl (C=O) groups is 1. The van der Waals surface area contributed by atoms with E-state index < -0.39 is 0 Å². The molecule has 0 bridgehead atoms. The predicted molar refractivity (Wildman–Crippen MR) is 167 cm³/mol. The van der Waals surface area contributed by atoms with Crippen LogP contribution in [0, 0.1) is 13.8 Å². The van der Waals surface area contributed by atoms with Gasteiger partial charge in [-0.2, -0.15) is 5.10 Å². The van der Waals surface area contributed by atoms with Crippen LogP contribution in [0.2, 0.25) is 0 Å². The highest BCUT2D eigenvalue weighted by Gasteiger charge is 2.21. The van der Waals surface area contributed by atoms with E-state index >= 15 is 0 Å². The Hall–Kier alpha value is -3.96. The normalized spacial score (nSPS) is 14.6. The van der Waals surface area contributed by atoms with Crippen LogP contribution >= 0.6 is 0 Å². The highest BCUT2D eigenvalue weighted by atomic mass is 16.5. The van der Waals surface area contributed by atoms with Gasteiger partial charge in [-0.15, -0.1) is 5.10 Å². The molecule has 4 aromatic heterocycles. The summed E-state index contributed by atoms with van der Waals surface area (Å²) in [4.78, 5) is 27.0.